The minimum absolute atomic E-state index is 0.0284. The summed E-state index contributed by atoms with van der Waals surface area (Å²) < 4.78 is 26.7. The highest BCUT2D eigenvalue weighted by molar-refractivity contribution is 5.82. The van der Waals surface area contributed by atoms with E-state index >= 15 is 0 Å². The molecule has 2 heterocycles. The SMILES string of the molecule is N#Cc1cc(F)ccc1N1CCN(C(=O)CCc2cc3ccc(F)cc3c(=O)[nH]2)CC1. The maximum atomic E-state index is 13.4. The van der Waals surface area contributed by atoms with Gasteiger partial charge < -0.3 is 14.8 Å². The molecule has 0 spiro atoms. The molecule has 1 aromatic heterocycles. The molecule has 0 aliphatic carbocycles. The quantitative estimate of drug-likeness (QED) is 0.701. The lowest BCUT2D eigenvalue weighted by Gasteiger charge is -2.36. The molecule has 1 N–H and O–H groups in total. The summed E-state index contributed by atoms with van der Waals surface area (Å²) in [7, 11) is 0. The highest BCUT2D eigenvalue weighted by atomic mass is 19.1. The Morgan fingerprint density at radius 2 is 1.74 bits per heavy atom. The van der Waals surface area contributed by atoms with Gasteiger partial charge in [0, 0.05) is 43.7 Å². The molecule has 2 aromatic carbocycles. The van der Waals surface area contributed by atoms with E-state index in [-0.39, 0.29) is 28.8 Å². The van der Waals surface area contributed by atoms with Crippen molar-refractivity contribution in [3.63, 3.8) is 0 Å². The highest BCUT2D eigenvalue weighted by Gasteiger charge is 2.23. The number of aromatic amines is 1. The number of pyridine rings is 1. The fourth-order valence-corrected chi connectivity index (χ4v) is 3.89. The van der Waals surface area contributed by atoms with E-state index in [0.29, 0.717) is 49.4 Å². The van der Waals surface area contributed by atoms with Crippen LogP contribution in [0.5, 0.6) is 0 Å². The van der Waals surface area contributed by atoms with Crippen molar-refractivity contribution in [3.05, 3.63) is 75.7 Å². The summed E-state index contributed by atoms with van der Waals surface area (Å²) in [6, 6.07) is 12.0. The first-order valence-electron chi connectivity index (χ1n) is 9.98. The van der Waals surface area contributed by atoms with E-state index in [1.807, 2.05) is 11.0 Å². The van der Waals surface area contributed by atoms with E-state index in [1.165, 1.54) is 24.3 Å². The molecule has 158 valence electrons. The first-order valence-corrected chi connectivity index (χ1v) is 9.98. The van der Waals surface area contributed by atoms with Crippen molar-refractivity contribution in [1.82, 2.24) is 9.88 Å². The molecule has 6 nitrogen and oxygen atoms in total. The normalized spacial score (nSPS) is 14.0. The van der Waals surface area contributed by atoms with E-state index in [1.54, 1.807) is 23.1 Å². The number of nitrogens with zero attached hydrogens (tertiary/aromatic N) is 3. The number of hydrogen-bond donors (Lipinski definition) is 1. The Bertz CT molecular complexity index is 1240. The lowest BCUT2D eigenvalue weighted by molar-refractivity contribution is -0.131. The van der Waals surface area contributed by atoms with Crippen LogP contribution in [-0.2, 0) is 11.2 Å². The van der Waals surface area contributed by atoms with Crippen LogP contribution in [0.25, 0.3) is 10.8 Å². The van der Waals surface area contributed by atoms with E-state index in [9.17, 15) is 23.6 Å². The predicted octanol–water partition coefficient (Wildman–Crippen LogP) is 2.96. The second-order valence-electron chi connectivity index (χ2n) is 7.50. The van der Waals surface area contributed by atoms with Gasteiger partial charge in [-0.15, -0.1) is 0 Å². The molecule has 1 saturated heterocycles. The van der Waals surface area contributed by atoms with Gasteiger partial charge in [-0.25, -0.2) is 8.78 Å². The Kier molecular flexibility index (Phi) is 5.67. The number of rotatable bonds is 4. The number of benzene rings is 2. The molecule has 1 aliphatic rings. The van der Waals surface area contributed by atoms with Gasteiger partial charge in [-0.1, -0.05) is 6.07 Å². The van der Waals surface area contributed by atoms with Crippen molar-refractivity contribution in [2.45, 2.75) is 12.8 Å². The number of nitrogens with one attached hydrogen (secondary N) is 1. The Balaban J connectivity index is 1.37. The Labute approximate surface area is 177 Å². The number of amides is 1. The van der Waals surface area contributed by atoms with Crippen LogP contribution in [0.2, 0.25) is 0 Å². The number of hydrogen-bond acceptors (Lipinski definition) is 4. The van der Waals surface area contributed by atoms with Gasteiger partial charge in [0.05, 0.1) is 11.3 Å². The highest BCUT2D eigenvalue weighted by Crippen LogP contribution is 2.23. The van der Waals surface area contributed by atoms with Gasteiger partial charge in [-0.05, 0) is 48.2 Å². The van der Waals surface area contributed by atoms with Crippen LogP contribution in [0.1, 0.15) is 17.7 Å². The number of anilines is 1. The van der Waals surface area contributed by atoms with Crippen LogP contribution >= 0.6 is 0 Å². The largest absolute Gasteiger partial charge is 0.367 e. The van der Waals surface area contributed by atoms with Gasteiger partial charge in [-0.3, -0.25) is 9.59 Å². The molecule has 3 aromatic rings. The molecule has 4 rings (SSSR count). The van der Waals surface area contributed by atoms with E-state index < -0.39 is 11.6 Å². The number of H-pyrrole nitrogens is 1. The van der Waals surface area contributed by atoms with Gasteiger partial charge in [-0.2, -0.15) is 5.26 Å². The molecule has 1 amide bonds. The average Bonchev–Trinajstić information content (AvgIpc) is 2.78. The van der Waals surface area contributed by atoms with Crippen molar-refractivity contribution in [1.29, 1.82) is 5.26 Å². The summed E-state index contributed by atoms with van der Waals surface area (Å²) in [5.74, 6) is -0.951. The van der Waals surface area contributed by atoms with E-state index in [2.05, 4.69) is 4.98 Å². The summed E-state index contributed by atoms with van der Waals surface area (Å²) >= 11 is 0. The monoisotopic (exact) mass is 422 g/mol. The summed E-state index contributed by atoms with van der Waals surface area (Å²) in [6.45, 7) is 2.08. The first-order chi connectivity index (χ1) is 14.9. The van der Waals surface area contributed by atoms with Gasteiger partial charge >= 0.3 is 0 Å². The van der Waals surface area contributed by atoms with Crippen LogP contribution in [-0.4, -0.2) is 42.0 Å². The second-order valence-corrected chi connectivity index (χ2v) is 7.50. The fraction of sp³-hybridized carbons (Fsp3) is 0.261. The summed E-state index contributed by atoms with van der Waals surface area (Å²) in [4.78, 5) is 31.3. The number of aryl methyl sites for hydroxylation is 1. The predicted molar refractivity (Wildman–Crippen MR) is 113 cm³/mol. The second kappa shape index (κ2) is 8.56. The zero-order valence-electron chi connectivity index (χ0n) is 16.7. The molecule has 1 aliphatic heterocycles. The van der Waals surface area contributed by atoms with Gasteiger partial charge in [0.1, 0.15) is 17.7 Å². The van der Waals surface area contributed by atoms with Gasteiger partial charge in [0.2, 0.25) is 5.91 Å². The maximum absolute atomic E-state index is 13.4. The van der Waals surface area contributed by atoms with Crippen molar-refractivity contribution in [2.24, 2.45) is 0 Å². The third-order valence-corrected chi connectivity index (χ3v) is 5.52. The standard InChI is InChI=1S/C23H20F2N4O2/c24-17-3-5-21(16(11-17)14-26)28-7-9-29(10-8-28)22(30)6-4-19-12-15-1-2-18(25)13-20(15)23(31)27-19/h1-3,5,11-13H,4,6-10H2,(H,27,31). The Morgan fingerprint density at radius 3 is 2.48 bits per heavy atom. The molecule has 8 heteroatoms. The van der Waals surface area contributed by atoms with Crippen LogP contribution in [0.3, 0.4) is 0 Å². The van der Waals surface area contributed by atoms with E-state index in [4.69, 9.17) is 0 Å². The Hall–Kier alpha value is -3.73. The van der Waals surface area contributed by atoms with Crippen molar-refractivity contribution in [3.8, 4) is 6.07 Å². The average molecular weight is 422 g/mol. The van der Waals surface area contributed by atoms with Crippen molar-refractivity contribution >= 4 is 22.4 Å². The zero-order valence-corrected chi connectivity index (χ0v) is 16.7. The number of aromatic nitrogens is 1. The molecular formula is C23H20F2N4O2. The molecule has 0 atom stereocenters. The number of fused-ring (bicyclic) bond motifs is 1. The molecule has 1 fully saturated rings. The van der Waals surface area contributed by atoms with Crippen LogP contribution in [0, 0.1) is 23.0 Å². The fourth-order valence-electron chi connectivity index (χ4n) is 3.89. The van der Waals surface area contributed by atoms with Crippen molar-refractivity contribution in [2.75, 3.05) is 31.1 Å². The number of carbonyl (C=O) groups excluding carboxylic acids is 1. The first kappa shape index (κ1) is 20.5. The molecule has 0 bridgehead atoms. The lowest BCUT2D eigenvalue weighted by Crippen LogP contribution is -2.49. The smallest absolute Gasteiger partial charge is 0.256 e. The summed E-state index contributed by atoms with van der Waals surface area (Å²) in [6.07, 6.45) is 0.612. The molecular weight excluding hydrogens is 402 g/mol. The summed E-state index contributed by atoms with van der Waals surface area (Å²) in [5.41, 5.74) is 1.20. The topological polar surface area (TPSA) is 80.2 Å². The summed E-state index contributed by atoms with van der Waals surface area (Å²) in [5, 5.41) is 10.2. The van der Waals surface area contributed by atoms with E-state index in [0.717, 1.165) is 0 Å². The van der Waals surface area contributed by atoms with Crippen LogP contribution in [0.15, 0.2) is 47.3 Å². The van der Waals surface area contributed by atoms with Crippen LogP contribution in [0.4, 0.5) is 14.5 Å². The van der Waals surface area contributed by atoms with Crippen LogP contribution < -0.4 is 10.5 Å². The molecule has 0 radical (unpaired) electrons. The maximum Gasteiger partial charge on any atom is 0.256 e. The van der Waals surface area contributed by atoms with Gasteiger partial charge in [0.15, 0.2) is 0 Å². The Morgan fingerprint density at radius 1 is 1.03 bits per heavy atom. The molecule has 0 unspecified atom stereocenters. The lowest BCUT2D eigenvalue weighted by atomic mass is 10.1. The van der Waals surface area contributed by atoms with Gasteiger partial charge in [0.25, 0.3) is 5.56 Å². The van der Waals surface area contributed by atoms with Crippen molar-refractivity contribution < 1.29 is 13.6 Å². The number of nitriles is 1. The third-order valence-electron chi connectivity index (χ3n) is 5.52. The molecule has 31 heavy (non-hydrogen) atoms. The number of carbonyl (C=O) groups is 1. The minimum atomic E-state index is -0.470. The zero-order chi connectivity index (χ0) is 22.0. The number of halogens is 2. The third kappa shape index (κ3) is 4.40. The number of piperazine rings is 1. The minimum Gasteiger partial charge on any atom is -0.367 e. The molecule has 0 saturated carbocycles.